The number of aryl methyl sites for hydroxylation is 1. The summed E-state index contributed by atoms with van der Waals surface area (Å²) < 4.78 is 1.81. The van der Waals surface area contributed by atoms with E-state index in [4.69, 9.17) is 0 Å². The number of nitrogens with zero attached hydrogens (tertiary/aromatic N) is 4. The number of thioether (sulfide) groups is 1. The summed E-state index contributed by atoms with van der Waals surface area (Å²) in [4.78, 5) is 0. The van der Waals surface area contributed by atoms with Crippen LogP contribution in [-0.2, 0) is 0 Å². The first kappa shape index (κ1) is 13.3. The van der Waals surface area contributed by atoms with Crippen LogP contribution in [0, 0.1) is 6.92 Å². The molecule has 1 aromatic heterocycles. The highest BCUT2D eigenvalue weighted by atomic mass is 32.2. The lowest BCUT2D eigenvalue weighted by Gasteiger charge is -2.14. The highest BCUT2D eigenvalue weighted by Crippen LogP contribution is 2.21. The van der Waals surface area contributed by atoms with Gasteiger partial charge in [-0.05, 0) is 34.9 Å². The normalized spacial score (nSPS) is 11.8. The molecular weight excluding hydrogens is 260 g/mol. The zero-order valence-corrected chi connectivity index (χ0v) is 13.0. The van der Waals surface area contributed by atoms with E-state index in [9.17, 15) is 0 Å². The molecule has 0 amide bonds. The number of hydrogen-bond acceptors (Lipinski definition) is 4. The quantitative estimate of drug-likeness (QED) is 0.637. The largest absolute Gasteiger partial charge is 0.213 e. The molecule has 2 rings (SSSR count). The minimum Gasteiger partial charge on any atom is -0.188 e. The van der Waals surface area contributed by atoms with Crippen molar-refractivity contribution in [2.45, 2.75) is 31.7 Å². The van der Waals surface area contributed by atoms with Crippen LogP contribution in [0.2, 0.25) is 19.6 Å². The van der Waals surface area contributed by atoms with Gasteiger partial charge in [-0.2, -0.15) is 4.68 Å². The van der Waals surface area contributed by atoms with Crippen molar-refractivity contribution in [2.75, 3.05) is 5.38 Å². The second-order valence-corrected chi connectivity index (χ2v) is 12.5. The van der Waals surface area contributed by atoms with Gasteiger partial charge >= 0.3 is 0 Å². The van der Waals surface area contributed by atoms with Gasteiger partial charge in [0.25, 0.3) is 0 Å². The third-order valence-corrected chi connectivity index (χ3v) is 6.91. The molecule has 18 heavy (non-hydrogen) atoms. The van der Waals surface area contributed by atoms with Crippen molar-refractivity contribution in [1.82, 2.24) is 20.2 Å². The van der Waals surface area contributed by atoms with Crippen LogP contribution in [0.5, 0.6) is 0 Å². The van der Waals surface area contributed by atoms with E-state index in [1.165, 1.54) is 5.56 Å². The van der Waals surface area contributed by atoms with Crippen LogP contribution >= 0.6 is 11.8 Å². The topological polar surface area (TPSA) is 43.6 Å². The first-order valence-corrected chi connectivity index (χ1v) is 10.6. The Labute approximate surface area is 113 Å². The van der Waals surface area contributed by atoms with Crippen molar-refractivity contribution in [3.8, 4) is 5.69 Å². The van der Waals surface area contributed by atoms with Crippen molar-refractivity contribution in [3.05, 3.63) is 29.8 Å². The number of hydrogen-bond donors (Lipinski definition) is 0. The summed E-state index contributed by atoms with van der Waals surface area (Å²) in [5.74, 6) is 0. The molecular formula is C12H18N4SSi. The molecule has 0 spiro atoms. The van der Waals surface area contributed by atoms with E-state index in [1.54, 1.807) is 11.8 Å². The van der Waals surface area contributed by atoms with Gasteiger partial charge in [-0.1, -0.05) is 49.1 Å². The van der Waals surface area contributed by atoms with Gasteiger partial charge in [-0.15, -0.1) is 5.10 Å². The van der Waals surface area contributed by atoms with E-state index >= 15 is 0 Å². The molecule has 0 bridgehead atoms. The van der Waals surface area contributed by atoms with Crippen molar-refractivity contribution in [1.29, 1.82) is 0 Å². The predicted molar refractivity (Wildman–Crippen MR) is 78.0 cm³/mol. The highest BCUT2D eigenvalue weighted by Gasteiger charge is 2.16. The maximum absolute atomic E-state index is 4.11. The minimum absolute atomic E-state index is 0.876. The molecule has 0 N–H and O–H groups in total. The van der Waals surface area contributed by atoms with Gasteiger partial charge in [0, 0.05) is 0 Å². The van der Waals surface area contributed by atoms with Crippen LogP contribution < -0.4 is 0 Å². The van der Waals surface area contributed by atoms with E-state index in [-0.39, 0.29) is 0 Å². The smallest absolute Gasteiger partial charge is 0.188 e. The third kappa shape index (κ3) is 3.43. The minimum atomic E-state index is -1.09. The lowest BCUT2D eigenvalue weighted by Crippen LogP contribution is -2.24. The van der Waals surface area contributed by atoms with E-state index < -0.39 is 8.07 Å². The first-order chi connectivity index (χ1) is 8.46. The fourth-order valence-electron chi connectivity index (χ4n) is 1.40. The van der Waals surface area contributed by atoms with E-state index in [0.29, 0.717) is 0 Å². The molecule has 0 saturated carbocycles. The van der Waals surface area contributed by atoms with Gasteiger partial charge in [0.2, 0.25) is 5.16 Å². The van der Waals surface area contributed by atoms with Gasteiger partial charge in [-0.25, -0.2) is 0 Å². The molecule has 6 heteroatoms. The summed E-state index contributed by atoms with van der Waals surface area (Å²) in [5, 5.41) is 14.0. The van der Waals surface area contributed by atoms with Gasteiger partial charge in [-0.3, -0.25) is 0 Å². The van der Waals surface area contributed by atoms with Crippen LogP contribution in [0.25, 0.3) is 5.69 Å². The number of tetrazole rings is 1. The van der Waals surface area contributed by atoms with Crippen LogP contribution in [0.15, 0.2) is 29.4 Å². The summed E-state index contributed by atoms with van der Waals surface area (Å²) in [6, 6.07) is 8.24. The van der Waals surface area contributed by atoms with Gasteiger partial charge in [0.1, 0.15) is 0 Å². The molecule has 0 aliphatic heterocycles. The average Bonchev–Trinajstić information content (AvgIpc) is 2.75. The molecule has 2 aromatic rings. The molecule has 0 fully saturated rings. The second-order valence-electron chi connectivity index (χ2n) is 5.56. The fraction of sp³-hybridized carbons (Fsp3) is 0.417. The van der Waals surface area contributed by atoms with E-state index in [1.807, 2.05) is 16.8 Å². The molecule has 0 aliphatic rings. The standard InChI is InChI=1S/C12H18N4SSi/c1-10-5-7-11(8-6-10)16-12(13-14-15-16)17-9-18(2,3)4/h5-8H,9H2,1-4H3. The molecule has 0 atom stereocenters. The maximum atomic E-state index is 4.11. The van der Waals surface area contributed by atoms with E-state index in [0.717, 1.165) is 16.2 Å². The number of benzene rings is 1. The Bertz CT molecular complexity index is 516. The summed E-state index contributed by atoms with van der Waals surface area (Å²) >= 11 is 1.75. The molecule has 1 heterocycles. The fourth-order valence-corrected chi connectivity index (χ4v) is 4.00. The Morgan fingerprint density at radius 2 is 1.83 bits per heavy atom. The van der Waals surface area contributed by atoms with Gasteiger partial charge < -0.3 is 0 Å². The summed E-state index contributed by atoms with van der Waals surface area (Å²) in [6.45, 7) is 9.12. The molecule has 96 valence electrons. The highest BCUT2D eigenvalue weighted by molar-refractivity contribution is 8.00. The molecule has 0 unspecified atom stereocenters. The Morgan fingerprint density at radius 1 is 1.17 bits per heavy atom. The lowest BCUT2D eigenvalue weighted by molar-refractivity contribution is 0.756. The second kappa shape index (κ2) is 5.24. The Kier molecular flexibility index (Phi) is 3.87. The van der Waals surface area contributed by atoms with Crippen molar-refractivity contribution < 1.29 is 0 Å². The number of rotatable bonds is 4. The van der Waals surface area contributed by atoms with Crippen LogP contribution in [0.1, 0.15) is 5.56 Å². The number of aromatic nitrogens is 4. The maximum Gasteiger partial charge on any atom is 0.213 e. The van der Waals surface area contributed by atoms with Crippen LogP contribution in [0.4, 0.5) is 0 Å². The molecule has 0 radical (unpaired) electrons. The van der Waals surface area contributed by atoms with Gasteiger partial charge in [0.05, 0.1) is 13.8 Å². The Morgan fingerprint density at radius 3 is 2.44 bits per heavy atom. The zero-order chi connectivity index (χ0) is 13.2. The van der Waals surface area contributed by atoms with Crippen LogP contribution in [0.3, 0.4) is 0 Å². The summed E-state index contributed by atoms with van der Waals surface area (Å²) in [5.41, 5.74) is 2.26. The first-order valence-electron chi connectivity index (χ1n) is 5.94. The molecule has 0 saturated heterocycles. The van der Waals surface area contributed by atoms with Crippen molar-refractivity contribution in [2.24, 2.45) is 0 Å². The summed E-state index contributed by atoms with van der Waals surface area (Å²) in [7, 11) is -1.09. The Balaban J connectivity index is 2.20. The van der Waals surface area contributed by atoms with E-state index in [2.05, 4.69) is 54.2 Å². The Hall–Kier alpha value is -1.14. The van der Waals surface area contributed by atoms with Crippen LogP contribution in [-0.4, -0.2) is 33.7 Å². The SMILES string of the molecule is Cc1ccc(-n2nnnc2SC[Si](C)(C)C)cc1. The van der Waals surface area contributed by atoms with Crippen molar-refractivity contribution >= 4 is 19.8 Å². The van der Waals surface area contributed by atoms with Gasteiger partial charge in [0.15, 0.2) is 0 Å². The molecule has 4 nitrogen and oxygen atoms in total. The molecule has 1 aromatic carbocycles. The average molecular weight is 278 g/mol. The molecule has 0 aliphatic carbocycles. The summed E-state index contributed by atoms with van der Waals surface area (Å²) in [6.07, 6.45) is 0. The predicted octanol–water partition coefficient (Wildman–Crippen LogP) is 2.94. The monoisotopic (exact) mass is 278 g/mol. The lowest BCUT2D eigenvalue weighted by atomic mass is 10.2. The zero-order valence-electron chi connectivity index (χ0n) is 11.2. The van der Waals surface area contributed by atoms with Crippen molar-refractivity contribution in [3.63, 3.8) is 0 Å². The third-order valence-electron chi connectivity index (χ3n) is 2.35.